The first-order chi connectivity index (χ1) is 7.18. The Morgan fingerprint density at radius 3 is 2.25 bits per heavy atom. The number of alkyl halides is 2. The van der Waals surface area contributed by atoms with Gasteiger partial charge in [-0.3, -0.25) is 0 Å². The van der Waals surface area contributed by atoms with Gasteiger partial charge >= 0.3 is 6.09 Å². The van der Waals surface area contributed by atoms with Gasteiger partial charge < -0.3 is 10.1 Å². The lowest BCUT2D eigenvalue weighted by atomic mass is 10.1. The molecule has 3 nitrogen and oxygen atoms in total. The van der Waals surface area contributed by atoms with E-state index in [-0.39, 0.29) is 30.7 Å². The fraction of sp³-hybridized carbons (Fsp3) is 0.909. The Labute approximate surface area is 93.5 Å². The lowest BCUT2D eigenvalue weighted by Crippen LogP contribution is -2.36. The third-order valence-corrected chi connectivity index (χ3v) is 3.08. The molecule has 2 atom stereocenters. The third-order valence-electron chi connectivity index (χ3n) is 3.08. The van der Waals surface area contributed by atoms with E-state index >= 15 is 0 Å². The Morgan fingerprint density at radius 2 is 1.81 bits per heavy atom. The van der Waals surface area contributed by atoms with Gasteiger partial charge in [0.15, 0.2) is 0 Å². The SMILES string of the molecule is CC(C)(C)OC(=O)NC1C2CC(F)(F)CC21. The molecule has 0 saturated heterocycles. The average molecular weight is 233 g/mol. The van der Waals surface area contributed by atoms with E-state index in [0.29, 0.717) is 0 Å². The molecule has 0 bridgehead atoms. The average Bonchev–Trinajstić information content (AvgIpc) is 2.54. The first-order valence-electron chi connectivity index (χ1n) is 5.55. The van der Waals surface area contributed by atoms with Crippen LogP contribution in [0.15, 0.2) is 0 Å². The van der Waals surface area contributed by atoms with E-state index in [4.69, 9.17) is 4.74 Å². The maximum absolute atomic E-state index is 12.9. The monoisotopic (exact) mass is 233 g/mol. The standard InChI is InChI=1S/C11H17F2NO2/c1-10(2,3)16-9(15)14-8-6-4-11(12,13)5-7(6)8/h6-8H,4-5H2,1-3H3,(H,14,15). The van der Waals surface area contributed by atoms with Crippen LogP contribution in [0.1, 0.15) is 33.6 Å². The maximum Gasteiger partial charge on any atom is 0.407 e. The van der Waals surface area contributed by atoms with Crippen LogP contribution in [0.5, 0.6) is 0 Å². The highest BCUT2D eigenvalue weighted by molar-refractivity contribution is 5.68. The molecular weight excluding hydrogens is 216 g/mol. The van der Waals surface area contributed by atoms with Crippen molar-refractivity contribution in [3.8, 4) is 0 Å². The third kappa shape index (κ3) is 2.44. The van der Waals surface area contributed by atoms with Gasteiger partial charge in [-0.15, -0.1) is 0 Å². The minimum atomic E-state index is -2.53. The Morgan fingerprint density at radius 1 is 1.31 bits per heavy atom. The van der Waals surface area contributed by atoms with Crippen molar-refractivity contribution in [1.29, 1.82) is 0 Å². The summed E-state index contributed by atoms with van der Waals surface area (Å²) in [5.41, 5.74) is -0.544. The lowest BCUT2D eigenvalue weighted by Gasteiger charge is -2.20. The van der Waals surface area contributed by atoms with Crippen LogP contribution >= 0.6 is 0 Å². The molecule has 0 aromatic rings. The van der Waals surface area contributed by atoms with Crippen LogP contribution in [0, 0.1) is 11.8 Å². The summed E-state index contributed by atoms with van der Waals surface area (Å²) >= 11 is 0. The second-order valence-electron chi connectivity index (χ2n) is 5.76. The Hall–Kier alpha value is -0.870. The van der Waals surface area contributed by atoms with Gasteiger partial charge in [0.1, 0.15) is 5.60 Å². The van der Waals surface area contributed by atoms with E-state index in [9.17, 15) is 13.6 Å². The highest BCUT2D eigenvalue weighted by atomic mass is 19.3. The van der Waals surface area contributed by atoms with Crippen LogP contribution in [0.3, 0.4) is 0 Å². The summed E-state index contributed by atoms with van der Waals surface area (Å²) < 4.78 is 30.8. The second-order valence-corrected chi connectivity index (χ2v) is 5.76. The van der Waals surface area contributed by atoms with Gasteiger partial charge in [0.05, 0.1) is 0 Å². The normalized spacial score (nSPS) is 35.4. The zero-order chi connectivity index (χ0) is 12.1. The van der Waals surface area contributed by atoms with Gasteiger partial charge in [-0.05, 0) is 32.6 Å². The van der Waals surface area contributed by atoms with Gasteiger partial charge in [0, 0.05) is 18.9 Å². The zero-order valence-corrected chi connectivity index (χ0v) is 9.72. The summed E-state index contributed by atoms with van der Waals surface area (Å²) in [6, 6.07) is -0.102. The molecule has 0 heterocycles. The van der Waals surface area contributed by atoms with Crippen molar-refractivity contribution in [3.05, 3.63) is 0 Å². The van der Waals surface area contributed by atoms with E-state index < -0.39 is 17.6 Å². The highest BCUT2D eigenvalue weighted by Crippen LogP contribution is 2.58. The number of nitrogens with one attached hydrogen (secondary N) is 1. The van der Waals surface area contributed by atoms with Crippen molar-refractivity contribution in [2.45, 2.75) is 51.2 Å². The predicted molar refractivity (Wildman–Crippen MR) is 54.3 cm³/mol. The van der Waals surface area contributed by atoms with Crippen molar-refractivity contribution in [1.82, 2.24) is 5.32 Å². The quantitative estimate of drug-likeness (QED) is 0.755. The number of carbonyl (C=O) groups excluding carboxylic acids is 1. The molecule has 0 aromatic carbocycles. The molecule has 0 aromatic heterocycles. The second kappa shape index (κ2) is 3.31. The minimum Gasteiger partial charge on any atom is -0.444 e. The topological polar surface area (TPSA) is 38.3 Å². The molecule has 1 amide bonds. The molecule has 0 spiro atoms. The van der Waals surface area contributed by atoms with Gasteiger partial charge in [0.25, 0.3) is 0 Å². The highest BCUT2D eigenvalue weighted by Gasteiger charge is 2.63. The molecule has 16 heavy (non-hydrogen) atoms. The molecule has 2 unspecified atom stereocenters. The number of fused-ring (bicyclic) bond motifs is 1. The van der Waals surface area contributed by atoms with Crippen LogP contribution in [0.2, 0.25) is 0 Å². The molecular formula is C11H17F2NO2. The summed E-state index contributed by atoms with van der Waals surface area (Å²) in [5.74, 6) is -2.63. The molecule has 2 aliphatic rings. The summed E-state index contributed by atoms with van der Waals surface area (Å²) in [5, 5.41) is 2.66. The number of carbonyl (C=O) groups is 1. The van der Waals surface area contributed by atoms with Gasteiger partial charge in [-0.25, -0.2) is 13.6 Å². The van der Waals surface area contributed by atoms with E-state index in [1.807, 2.05) is 0 Å². The van der Waals surface area contributed by atoms with E-state index in [0.717, 1.165) is 0 Å². The summed E-state index contributed by atoms with van der Waals surface area (Å²) in [4.78, 5) is 11.4. The number of halogens is 2. The smallest absolute Gasteiger partial charge is 0.407 e. The Kier molecular flexibility index (Phi) is 2.40. The lowest BCUT2D eigenvalue weighted by molar-refractivity contribution is -0.00734. The van der Waals surface area contributed by atoms with Gasteiger partial charge in [0.2, 0.25) is 5.92 Å². The predicted octanol–water partition coefficient (Wildman–Crippen LogP) is 2.55. The van der Waals surface area contributed by atoms with E-state index in [1.165, 1.54) is 0 Å². The largest absolute Gasteiger partial charge is 0.444 e. The van der Waals surface area contributed by atoms with Crippen LogP contribution in [0.4, 0.5) is 13.6 Å². The van der Waals surface area contributed by atoms with E-state index in [2.05, 4.69) is 5.32 Å². The Bertz CT molecular complexity index is 298. The molecule has 2 aliphatic carbocycles. The van der Waals surface area contributed by atoms with Crippen LogP contribution < -0.4 is 5.32 Å². The summed E-state index contributed by atoms with van der Waals surface area (Å²) in [6.07, 6.45) is -0.703. The van der Waals surface area contributed by atoms with Crippen molar-refractivity contribution in [3.63, 3.8) is 0 Å². The molecule has 1 N–H and O–H groups in total. The molecule has 0 radical (unpaired) electrons. The maximum atomic E-state index is 12.9. The van der Waals surface area contributed by atoms with Crippen molar-refractivity contribution in [2.24, 2.45) is 11.8 Å². The minimum absolute atomic E-state index is 0.0532. The fourth-order valence-corrected chi connectivity index (χ4v) is 2.43. The zero-order valence-electron chi connectivity index (χ0n) is 9.72. The molecule has 92 valence electrons. The van der Waals surface area contributed by atoms with Gasteiger partial charge in [-0.2, -0.15) is 0 Å². The van der Waals surface area contributed by atoms with Crippen LogP contribution in [0.25, 0.3) is 0 Å². The molecule has 5 heteroatoms. The number of alkyl carbamates (subject to hydrolysis) is 1. The summed E-state index contributed by atoms with van der Waals surface area (Å²) in [6.45, 7) is 5.32. The molecule has 2 rings (SSSR count). The van der Waals surface area contributed by atoms with Gasteiger partial charge in [-0.1, -0.05) is 0 Å². The van der Waals surface area contributed by atoms with Crippen LogP contribution in [-0.4, -0.2) is 23.7 Å². The number of rotatable bonds is 1. The number of ether oxygens (including phenoxy) is 1. The molecule has 0 aliphatic heterocycles. The molecule has 2 saturated carbocycles. The van der Waals surface area contributed by atoms with E-state index in [1.54, 1.807) is 20.8 Å². The first kappa shape index (κ1) is 11.6. The number of hydrogen-bond donors (Lipinski definition) is 1. The summed E-state index contributed by atoms with van der Waals surface area (Å²) in [7, 11) is 0. The van der Waals surface area contributed by atoms with Crippen molar-refractivity contribution in [2.75, 3.05) is 0 Å². The van der Waals surface area contributed by atoms with Crippen molar-refractivity contribution < 1.29 is 18.3 Å². The number of hydrogen-bond acceptors (Lipinski definition) is 2. The van der Waals surface area contributed by atoms with Crippen molar-refractivity contribution >= 4 is 6.09 Å². The number of amides is 1. The van der Waals surface area contributed by atoms with Crippen LogP contribution in [-0.2, 0) is 4.74 Å². The molecule has 2 fully saturated rings. The Balaban J connectivity index is 1.77. The fourth-order valence-electron chi connectivity index (χ4n) is 2.43. The first-order valence-corrected chi connectivity index (χ1v) is 5.55.